The number of unbranched alkanes of at least 4 members (excludes halogenated alkanes) is 1. The highest BCUT2D eigenvalue weighted by molar-refractivity contribution is 5.78. The molecule has 0 atom stereocenters. The van der Waals surface area contributed by atoms with Crippen LogP contribution in [0.3, 0.4) is 0 Å². The Morgan fingerprint density at radius 3 is 2.43 bits per heavy atom. The molecule has 0 unspecified atom stereocenters. The molecule has 0 aliphatic carbocycles. The topological polar surface area (TPSA) is 70.6 Å². The lowest BCUT2D eigenvalue weighted by Crippen LogP contribution is -2.26. The number of nitrogens with zero attached hydrogens (tertiary/aromatic N) is 6. The van der Waals surface area contributed by atoms with Crippen LogP contribution >= 0.6 is 0 Å². The molecule has 184 valence electrons. The van der Waals surface area contributed by atoms with Crippen molar-refractivity contribution in [3.05, 3.63) is 126 Å². The van der Waals surface area contributed by atoms with Gasteiger partial charge in [-0.1, -0.05) is 66.7 Å². The van der Waals surface area contributed by atoms with E-state index >= 15 is 0 Å². The van der Waals surface area contributed by atoms with Crippen LogP contribution in [0.1, 0.15) is 41.1 Å². The van der Waals surface area contributed by atoms with Gasteiger partial charge in [0.25, 0.3) is 0 Å². The molecular weight excluding hydrogens is 456 g/mol. The summed E-state index contributed by atoms with van der Waals surface area (Å²) in [5.41, 5.74) is 5.24. The van der Waals surface area contributed by atoms with Crippen molar-refractivity contribution in [2.45, 2.75) is 38.9 Å². The Morgan fingerprint density at radius 1 is 0.784 bits per heavy atom. The van der Waals surface area contributed by atoms with Crippen molar-refractivity contribution in [1.29, 1.82) is 5.26 Å². The van der Waals surface area contributed by atoms with E-state index in [1.807, 2.05) is 36.4 Å². The van der Waals surface area contributed by atoms with Crippen LogP contribution < -0.4 is 0 Å². The van der Waals surface area contributed by atoms with Crippen LogP contribution in [0.2, 0.25) is 0 Å². The Kier molecular flexibility index (Phi) is 7.94. The average molecular weight is 487 g/mol. The van der Waals surface area contributed by atoms with Gasteiger partial charge in [-0.05, 0) is 61.2 Å². The van der Waals surface area contributed by atoms with E-state index in [9.17, 15) is 0 Å². The van der Waals surface area contributed by atoms with E-state index in [4.69, 9.17) is 10.2 Å². The van der Waals surface area contributed by atoms with Gasteiger partial charge in [0.15, 0.2) is 0 Å². The van der Waals surface area contributed by atoms with Crippen molar-refractivity contribution in [2.75, 3.05) is 6.54 Å². The van der Waals surface area contributed by atoms with Gasteiger partial charge in [0.05, 0.1) is 35.9 Å². The van der Waals surface area contributed by atoms with Crippen LogP contribution in [-0.2, 0) is 26.1 Å². The number of fused-ring (bicyclic) bond motifs is 1. The number of hydrogen-bond acceptors (Lipinski definition) is 5. The molecule has 0 spiro atoms. The van der Waals surface area contributed by atoms with Gasteiger partial charge >= 0.3 is 0 Å². The summed E-state index contributed by atoms with van der Waals surface area (Å²) in [6, 6.07) is 33.0. The number of rotatable bonds is 11. The van der Waals surface area contributed by atoms with Gasteiger partial charge in [-0.3, -0.25) is 9.88 Å². The molecule has 0 saturated heterocycles. The highest BCUT2D eigenvalue weighted by atomic mass is 15.3. The standard InChI is InChI=1S/C31H30N6/c32-20-26-13-15-27(16-14-26)21-37-24-33-35-31(37)23-36(19-7-6-10-25-8-2-1-3-9-25)22-29-18-17-28-11-4-5-12-30(28)34-29/h1-5,8-9,11-18,24H,6-7,10,19,21-23H2. The molecule has 2 heterocycles. The molecule has 0 bridgehead atoms. The van der Waals surface area contributed by atoms with Crippen LogP contribution in [0.15, 0.2) is 97.3 Å². The molecule has 5 aromatic rings. The first-order chi connectivity index (χ1) is 18.3. The zero-order chi connectivity index (χ0) is 25.3. The second-order valence-corrected chi connectivity index (χ2v) is 9.33. The summed E-state index contributed by atoms with van der Waals surface area (Å²) in [6.07, 6.45) is 5.09. The second-order valence-electron chi connectivity index (χ2n) is 9.33. The molecular formula is C31H30N6. The highest BCUT2D eigenvalue weighted by Crippen LogP contribution is 2.16. The summed E-state index contributed by atoms with van der Waals surface area (Å²) in [7, 11) is 0. The van der Waals surface area contributed by atoms with Gasteiger partial charge in [-0.2, -0.15) is 5.26 Å². The lowest BCUT2D eigenvalue weighted by Gasteiger charge is -2.22. The molecule has 37 heavy (non-hydrogen) atoms. The van der Waals surface area contributed by atoms with E-state index in [-0.39, 0.29) is 0 Å². The molecule has 0 radical (unpaired) electrons. The summed E-state index contributed by atoms with van der Waals surface area (Å²) in [5.74, 6) is 0.924. The molecule has 6 heteroatoms. The molecule has 0 N–H and O–H groups in total. The average Bonchev–Trinajstić information content (AvgIpc) is 3.38. The van der Waals surface area contributed by atoms with Crippen LogP contribution in [0.5, 0.6) is 0 Å². The number of nitriles is 1. The molecule has 6 nitrogen and oxygen atoms in total. The first kappa shape index (κ1) is 24.4. The minimum atomic E-state index is 0.664. The van der Waals surface area contributed by atoms with Gasteiger partial charge in [0, 0.05) is 11.9 Å². The van der Waals surface area contributed by atoms with Gasteiger partial charge < -0.3 is 4.57 Å². The first-order valence-electron chi connectivity index (χ1n) is 12.7. The highest BCUT2D eigenvalue weighted by Gasteiger charge is 2.14. The number of aryl methyl sites for hydroxylation is 1. The predicted octanol–water partition coefficient (Wildman–Crippen LogP) is 5.77. The SMILES string of the molecule is N#Cc1ccc(Cn2cnnc2CN(CCCCc2ccccc2)Cc2ccc3ccccc3n2)cc1. The quantitative estimate of drug-likeness (QED) is 0.222. The molecule has 0 saturated carbocycles. The van der Waals surface area contributed by atoms with Gasteiger partial charge in [-0.15, -0.1) is 10.2 Å². The third-order valence-corrected chi connectivity index (χ3v) is 6.57. The number of aromatic nitrogens is 4. The normalized spacial score (nSPS) is 11.1. The van der Waals surface area contributed by atoms with E-state index in [1.54, 1.807) is 6.33 Å². The lowest BCUT2D eigenvalue weighted by molar-refractivity contribution is 0.239. The van der Waals surface area contributed by atoms with E-state index < -0.39 is 0 Å². The molecule has 5 rings (SSSR count). The lowest BCUT2D eigenvalue weighted by atomic mass is 10.1. The van der Waals surface area contributed by atoms with Crippen LogP contribution in [0.4, 0.5) is 0 Å². The fourth-order valence-electron chi connectivity index (χ4n) is 4.56. The van der Waals surface area contributed by atoms with Crippen LogP contribution in [-0.4, -0.2) is 31.2 Å². The van der Waals surface area contributed by atoms with Crippen molar-refractivity contribution >= 4 is 10.9 Å². The van der Waals surface area contributed by atoms with Gasteiger partial charge in [0.1, 0.15) is 12.2 Å². The summed E-state index contributed by atoms with van der Waals surface area (Å²) in [5, 5.41) is 18.9. The summed E-state index contributed by atoms with van der Waals surface area (Å²) in [4.78, 5) is 7.33. The predicted molar refractivity (Wildman–Crippen MR) is 146 cm³/mol. The smallest absolute Gasteiger partial charge is 0.147 e. The van der Waals surface area contributed by atoms with E-state index in [0.29, 0.717) is 18.7 Å². The molecule has 0 aliphatic rings. The van der Waals surface area contributed by atoms with Crippen molar-refractivity contribution < 1.29 is 0 Å². The Morgan fingerprint density at radius 2 is 1.59 bits per heavy atom. The maximum absolute atomic E-state index is 9.08. The Bertz CT molecular complexity index is 1470. The molecule has 0 fully saturated rings. The fourth-order valence-corrected chi connectivity index (χ4v) is 4.56. The maximum atomic E-state index is 9.08. The van der Waals surface area contributed by atoms with E-state index in [2.05, 4.69) is 80.3 Å². The van der Waals surface area contributed by atoms with E-state index in [1.165, 1.54) is 5.56 Å². The fraction of sp³-hybridized carbons (Fsp3) is 0.226. The number of hydrogen-bond donors (Lipinski definition) is 0. The monoisotopic (exact) mass is 486 g/mol. The number of benzene rings is 3. The summed E-state index contributed by atoms with van der Waals surface area (Å²) in [6.45, 7) is 3.06. The molecule has 0 amide bonds. The third-order valence-electron chi connectivity index (χ3n) is 6.57. The van der Waals surface area contributed by atoms with Crippen molar-refractivity contribution in [3.63, 3.8) is 0 Å². The number of pyridine rings is 1. The Balaban J connectivity index is 1.29. The first-order valence-corrected chi connectivity index (χ1v) is 12.7. The van der Waals surface area contributed by atoms with E-state index in [0.717, 1.165) is 60.3 Å². The van der Waals surface area contributed by atoms with Crippen molar-refractivity contribution in [3.8, 4) is 6.07 Å². The van der Waals surface area contributed by atoms with Crippen molar-refractivity contribution in [2.24, 2.45) is 0 Å². The number of para-hydroxylation sites is 1. The summed E-state index contributed by atoms with van der Waals surface area (Å²) >= 11 is 0. The summed E-state index contributed by atoms with van der Waals surface area (Å²) < 4.78 is 2.09. The zero-order valence-electron chi connectivity index (χ0n) is 20.9. The third kappa shape index (κ3) is 6.66. The maximum Gasteiger partial charge on any atom is 0.147 e. The molecule has 3 aromatic carbocycles. The van der Waals surface area contributed by atoms with Crippen LogP contribution in [0.25, 0.3) is 10.9 Å². The minimum absolute atomic E-state index is 0.664. The zero-order valence-corrected chi connectivity index (χ0v) is 20.9. The minimum Gasteiger partial charge on any atom is -0.312 e. The van der Waals surface area contributed by atoms with Crippen LogP contribution in [0, 0.1) is 11.3 Å². The molecule has 2 aromatic heterocycles. The van der Waals surface area contributed by atoms with Crippen molar-refractivity contribution in [1.82, 2.24) is 24.6 Å². The van der Waals surface area contributed by atoms with Gasteiger partial charge in [-0.25, -0.2) is 0 Å². The largest absolute Gasteiger partial charge is 0.312 e. The Hall–Kier alpha value is -4.34. The second kappa shape index (κ2) is 12.1. The van der Waals surface area contributed by atoms with Gasteiger partial charge in [0.2, 0.25) is 0 Å². The molecule has 0 aliphatic heterocycles. The Labute approximate surface area is 217 Å².